The molecule has 0 aromatic rings. The normalized spacial score (nSPS) is 18.8. The van der Waals surface area contributed by atoms with Crippen LogP contribution in [0.3, 0.4) is 0 Å². The quantitative estimate of drug-likeness (QED) is 0.455. The molecule has 0 bridgehead atoms. The number of hydrogen-bond donors (Lipinski definition) is 4. The second-order valence-electron chi connectivity index (χ2n) is 1.56. The number of hydrazine groups is 1. The van der Waals surface area contributed by atoms with Gasteiger partial charge in [0.1, 0.15) is 0 Å². The lowest BCUT2D eigenvalue weighted by molar-refractivity contribution is 0.371. The lowest BCUT2D eigenvalue weighted by atomic mass is 10.7. The summed E-state index contributed by atoms with van der Waals surface area (Å²) >= 11 is 0. The van der Waals surface area contributed by atoms with E-state index in [9.17, 15) is 9.13 Å². The van der Waals surface area contributed by atoms with Crippen LogP contribution in [0.15, 0.2) is 12.3 Å². The maximum atomic E-state index is 9.44. The molecule has 2 unspecified atom stereocenters. The Morgan fingerprint density at radius 1 is 1.33 bits per heavy atom. The van der Waals surface area contributed by atoms with Gasteiger partial charge in [0.25, 0.3) is 0 Å². The van der Waals surface area contributed by atoms with Crippen molar-refractivity contribution in [1.29, 1.82) is 0 Å². The van der Waals surface area contributed by atoms with Crippen molar-refractivity contribution < 1.29 is 23.2 Å². The van der Waals surface area contributed by atoms with Gasteiger partial charge in [-0.15, -0.1) is 0 Å². The molecule has 4 N–H and O–H groups in total. The van der Waals surface area contributed by atoms with E-state index < -0.39 is 16.5 Å². The highest BCUT2D eigenvalue weighted by Gasteiger charge is 1.93. The summed E-state index contributed by atoms with van der Waals surface area (Å²) in [5, 5.41) is 0. The van der Waals surface area contributed by atoms with E-state index in [2.05, 4.69) is 15.2 Å². The van der Waals surface area contributed by atoms with Gasteiger partial charge < -0.3 is 15.2 Å². The van der Waals surface area contributed by atoms with Crippen molar-refractivity contribution >= 4 is 16.5 Å². The molecule has 0 radical (unpaired) electrons. The molecule has 0 saturated heterocycles. The van der Waals surface area contributed by atoms with Gasteiger partial charge in [0.05, 0.1) is 0 Å². The molecule has 0 fully saturated rings. The Kier molecular flexibility index (Phi) is 7.39. The van der Waals surface area contributed by atoms with E-state index in [1.54, 1.807) is 0 Å². The summed E-state index contributed by atoms with van der Waals surface area (Å²) in [6.45, 7) is 0.958. The van der Waals surface area contributed by atoms with Crippen LogP contribution in [0, 0.1) is 0 Å². The molecule has 0 spiro atoms. The van der Waals surface area contributed by atoms with Crippen LogP contribution in [0.25, 0.3) is 0 Å². The minimum atomic E-state index is -3.20. The zero-order valence-electron chi connectivity index (χ0n) is 5.98. The third kappa shape index (κ3) is 9.84. The van der Waals surface area contributed by atoms with E-state index in [4.69, 9.17) is 9.79 Å². The highest BCUT2D eigenvalue weighted by Crippen LogP contribution is 2.30. The van der Waals surface area contributed by atoms with Crippen molar-refractivity contribution in [2.45, 2.75) is 0 Å². The van der Waals surface area contributed by atoms with Crippen molar-refractivity contribution in [2.75, 3.05) is 6.54 Å². The lowest BCUT2D eigenvalue weighted by Gasteiger charge is -1.86. The van der Waals surface area contributed by atoms with Gasteiger partial charge >= 0.3 is 16.5 Å². The fourth-order valence-corrected chi connectivity index (χ4v) is 0.967. The molecule has 0 aliphatic carbocycles. The summed E-state index contributed by atoms with van der Waals surface area (Å²) in [6.07, 6.45) is 3.89. The summed E-state index contributed by atoms with van der Waals surface area (Å²) in [6, 6.07) is 0. The van der Waals surface area contributed by atoms with Crippen LogP contribution < -0.4 is 10.9 Å². The molecular formula is C3H10N2O5P2. The second kappa shape index (κ2) is 7.49. The molecule has 7 nitrogen and oxygen atoms in total. The lowest BCUT2D eigenvalue weighted by Crippen LogP contribution is -2.19. The van der Waals surface area contributed by atoms with Crippen LogP contribution in [-0.2, 0) is 13.4 Å². The van der Waals surface area contributed by atoms with Crippen molar-refractivity contribution in [1.82, 2.24) is 10.9 Å². The maximum Gasteiger partial charge on any atom is 0.323 e. The van der Waals surface area contributed by atoms with Gasteiger partial charge in [-0.1, -0.05) is 6.08 Å². The molecule has 1 rings (SSSR count). The Morgan fingerprint density at radius 2 is 1.92 bits per heavy atom. The zero-order chi connectivity index (χ0) is 9.40. The Balaban J connectivity index is 0.000000211. The first kappa shape index (κ1) is 11.8. The van der Waals surface area contributed by atoms with Crippen LogP contribution in [0.5, 0.6) is 0 Å². The summed E-state index contributed by atoms with van der Waals surface area (Å²) in [7, 11) is -6.40. The molecule has 1 aliphatic rings. The largest absolute Gasteiger partial charge is 0.329 e. The van der Waals surface area contributed by atoms with Gasteiger partial charge in [-0.25, -0.2) is 9.74 Å². The fraction of sp³-hybridized carbons (Fsp3) is 0.333. The summed E-state index contributed by atoms with van der Waals surface area (Å²) in [5.41, 5.74) is 5.65. The summed E-state index contributed by atoms with van der Waals surface area (Å²) in [4.78, 5) is 15.4. The maximum absolute atomic E-state index is 9.44. The first-order valence-electron chi connectivity index (χ1n) is 2.90. The highest BCUT2D eigenvalue weighted by molar-refractivity contribution is 7.46. The predicted molar refractivity (Wildman–Crippen MR) is 43.8 cm³/mol. The Hall–Kier alpha value is -0.160. The summed E-state index contributed by atoms with van der Waals surface area (Å²) < 4.78 is 22.3. The minimum Gasteiger partial charge on any atom is -0.329 e. The average molecular weight is 216 g/mol. The van der Waals surface area contributed by atoms with Gasteiger partial charge in [-0.2, -0.15) is 0 Å². The molecule has 9 heteroatoms. The van der Waals surface area contributed by atoms with E-state index in [0.29, 0.717) is 0 Å². The van der Waals surface area contributed by atoms with Gasteiger partial charge in [-0.05, 0) is 0 Å². The fourth-order valence-electron chi connectivity index (χ4n) is 0.369. The van der Waals surface area contributed by atoms with Crippen molar-refractivity contribution in [3.8, 4) is 0 Å². The van der Waals surface area contributed by atoms with Gasteiger partial charge in [0, 0.05) is 12.7 Å². The third-order valence-corrected chi connectivity index (χ3v) is 2.09. The van der Waals surface area contributed by atoms with Crippen molar-refractivity contribution in [2.24, 2.45) is 0 Å². The Labute approximate surface area is 70.3 Å². The SMILES string of the molecule is C1=CNNC1.O=[PH](O)O[PH](=O)O. The molecule has 0 aromatic heterocycles. The van der Waals surface area contributed by atoms with Gasteiger partial charge in [-0.3, -0.25) is 9.13 Å². The monoisotopic (exact) mass is 216 g/mol. The zero-order valence-corrected chi connectivity index (χ0v) is 7.98. The minimum absolute atomic E-state index is 0.958. The predicted octanol–water partition coefficient (Wildman–Crippen LogP) is -0.625. The average Bonchev–Trinajstić information content (AvgIpc) is 2.36. The number of hydrogen-bond acceptors (Lipinski definition) is 5. The molecule has 1 heterocycles. The van der Waals surface area contributed by atoms with Crippen LogP contribution in [0.1, 0.15) is 0 Å². The number of rotatable bonds is 2. The number of nitrogens with one attached hydrogen (secondary N) is 2. The first-order chi connectivity index (χ1) is 5.63. The topological polar surface area (TPSA) is 108 Å². The standard InChI is InChI=1S/C3H6N2.H4O5P2/c1-2-4-5-3-1;1-6(2)5-7(3)4/h1-2,4-5H,3H2;6-7H,(H,1,2)(H,3,4). The van der Waals surface area contributed by atoms with Crippen LogP contribution in [-0.4, -0.2) is 16.3 Å². The smallest absolute Gasteiger partial charge is 0.323 e. The van der Waals surface area contributed by atoms with Crippen molar-refractivity contribution in [3.63, 3.8) is 0 Å². The van der Waals surface area contributed by atoms with E-state index >= 15 is 0 Å². The van der Waals surface area contributed by atoms with Gasteiger partial charge in [0.15, 0.2) is 0 Å². The van der Waals surface area contributed by atoms with Gasteiger partial charge in [0.2, 0.25) is 0 Å². The molecule has 12 heavy (non-hydrogen) atoms. The van der Waals surface area contributed by atoms with E-state index in [1.807, 2.05) is 12.3 Å². The molecule has 1 aliphatic heterocycles. The van der Waals surface area contributed by atoms with Crippen LogP contribution >= 0.6 is 16.5 Å². The first-order valence-corrected chi connectivity index (χ1v) is 5.42. The molecule has 72 valence electrons. The molecular weight excluding hydrogens is 206 g/mol. The van der Waals surface area contributed by atoms with E-state index in [1.165, 1.54) is 0 Å². The summed E-state index contributed by atoms with van der Waals surface area (Å²) in [5.74, 6) is 0. The molecule has 0 saturated carbocycles. The second-order valence-corrected chi connectivity index (χ2v) is 3.44. The Morgan fingerprint density at radius 3 is 2.00 bits per heavy atom. The van der Waals surface area contributed by atoms with E-state index in [-0.39, 0.29) is 0 Å². The Bertz CT molecular complexity index is 177. The highest BCUT2D eigenvalue weighted by atomic mass is 31.2. The molecule has 0 amide bonds. The molecule has 2 atom stereocenters. The van der Waals surface area contributed by atoms with Crippen LogP contribution in [0.4, 0.5) is 0 Å². The third-order valence-electron chi connectivity index (χ3n) is 0.698. The molecule has 0 aromatic carbocycles. The van der Waals surface area contributed by atoms with E-state index in [0.717, 1.165) is 6.54 Å². The van der Waals surface area contributed by atoms with Crippen molar-refractivity contribution in [3.05, 3.63) is 12.3 Å². The van der Waals surface area contributed by atoms with Crippen LogP contribution in [0.2, 0.25) is 0 Å².